The minimum Gasteiger partial charge on any atom is -0.336 e. The molecule has 2 aliphatic rings. The molecule has 2 aromatic rings. The van der Waals surface area contributed by atoms with Crippen molar-refractivity contribution in [3.05, 3.63) is 36.2 Å². The molecule has 2 amide bonds. The summed E-state index contributed by atoms with van der Waals surface area (Å²) < 4.78 is 5.31. The molecule has 2 aliphatic heterocycles. The molecule has 114 valence electrons. The fraction of sp³-hybridized carbons (Fsp3) is 0.400. The van der Waals surface area contributed by atoms with Crippen LogP contribution in [0.5, 0.6) is 0 Å². The zero-order chi connectivity index (χ0) is 15.2. The van der Waals surface area contributed by atoms with Gasteiger partial charge in [0.1, 0.15) is 0 Å². The van der Waals surface area contributed by atoms with E-state index in [9.17, 15) is 4.79 Å². The van der Waals surface area contributed by atoms with Gasteiger partial charge < -0.3 is 14.7 Å². The molecule has 0 bridgehead atoms. The van der Waals surface area contributed by atoms with E-state index in [4.69, 9.17) is 4.52 Å². The summed E-state index contributed by atoms with van der Waals surface area (Å²) in [6, 6.07) is 9.73. The molecule has 2 fully saturated rings. The minimum absolute atomic E-state index is 0.00516. The monoisotopic (exact) mass is 299 g/mol. The van der Waals surface area contributed by atoms with Crippen LogP contribution >= 0.6 is 0 Å². The SMILES string of the molecule is CN1C(=O)NCC12CN(Cc1noc(-c3ccccc3)n1)C2. The van der Waals surface area contributed by atoms with Gasteiger partial charge in [-0.15, -0.1) is 0 Å². The summed E-state index contributed by atoms with van der Waals surface area (Å²) in [5, 5.41) is 6.92. The van der Waals surface area contributed by atoms with Crippen LogP contribution in [-0.2, 0) is 6.54 Å². The van der Waals surface area contributed by atoms with Crippen molar-refractivity contribution >= 4 is 6.03 Å². The number of benzene rings is 1. The lowest BCUT2D eigenvalue weighted by Crippen LogP contribution is -2.68. The molecule has 0 radical (unpaired) electrons. The van der Waals surface area contributed by atoms with Crippen molar-refractivity contribution in [2.24, 2.45) is 0 Å². The Morgan fingerprint density at radius 3 is 2.77 bits per heavy atom. The van der Waals surface area contributed by atoms with Gasteiger partial charge in [0, 0.05) is 32.2 Å². The van der Waals surface area contributed by atoms with Crippen LogP contribution in [0.1, 0.15) is 5.82 Å². The lowest BCUT2D eigenvalue weighted by molar-refractivity contribution is -0.00297. The molecule has 7 nitrogen and oxygen atoms in total. The van der Waals surface area contributed by atoms with Gasteiger partial charge in [0.2, 0.25) is 0 Å². The average Bonchev–Trinajstić information content (AvgIpc) is 3.08. The number of amides is 2. The van der Waals surface area contributed by atoms with E-state index in [1.807, 2.05) is 37.4 Å². The van der Waals surface area contributed by atoms with Crippen LogP contribution in [0.4, 0.5) is 4.79 Å². The molecule has 3 heterocycles. The maximum absolute atomic E-state index is 11.6. The Labute approximate surface area is 127 Å². The number of hydrogen-bond donors (Lipinski definition) is 1. The summed E-state index contributed by atoms with van der Waals surface area (Å²) in [6.45, 7) is 3.01. The Balaban J connectivity index is 1.40. The van der Waals surface area contributed by atoms with Gasteiger partial charge in [-0.2, -0.15) is 4.98 Å². The third-order valence-corrected chi connectivity index (χ3v) is 4.47. The second kappa shape index (κ2) is 4.81. The number of aromatic nitrogens is 2. The number of hydrogen-bond acceptors (Lipinski definition) is 5. The van der Waals surface area contributed by atoms with Gasteiger partial charge in [-0.1, -0.05) is 23.4 Å². The van der Waals surface area contributed by atoms with E-state index in [1.54, 1.807) is 4.90 Å². The summed E-state index contributed by atoms with van der Waals surface area (Å²) in [4.78, 5) is 20.0. The largest absolute Gasteiger partial charge is 0.336 e. The molecule has 1 aromatic heterocycles. The van der Waals surface area contributed by atoms with Crippen molar-refractivity contribution in [1.82, 2.24) is 25.3 Å². The Hall–Kier alpha value is -2.41. The van der Waals surface area contributed by atoms with Crippen molar-refractivity contribution in [2.45, 2.75) is 12.1 Å². The smallest absolute Gasteiger partial charge is 0.317 e. The summed E-state index contributed by atoms with van der Waals surface area (Å²) in [5.74, 6) is 1.22. The van der Waals surface area contributed by atoms with Gasteiger partial charge in [0.15, 0.2) is 5.82 Å². The van der Waals surface area contributed by atoms with Gasteiger partial charge in [-0.25, -0.2) is 4.79 Å². The van der Waals surface area contributed by atoms with Crippen molar-refractivity contribution < 1.29 is 9.32 Å². The number of nitrogens with one attached hydrogen (secondary N) is 1. The van der Waals surface area contributed by atoms with E-state index in [0.29, 0.717) is 24.8 Å². The van der Waals surface area contributed by atoms with Gasteiger partial charge in [0.25, 0.3) is 5.89 Å². The first-order chi connectivity index (χ1) is 10.7. The van der Waals surface area contributed by atoms with E-state index in [-0.39, 0.29) is 11.6 Å². The Kier molecular flexibility index (Phi) is 2.90. The first-order valence-corrected chi connectivity index (χ1v) is 7.28. The van der Waals surface area contributed by atoms with E-state index in [1.165, 1.54) is 0 Å². The fourth-order valence-electron chi connectivity index (χ4n) is 3.13. The lowest BCUT2D eigenvalue weighted by Gasteiger charge is -2.50. The highest BCUT2D eigenvalue weighted by atomic mass is 16.5. The zero-order valence-corrected chi connectivity index (χ0v) is 12.3. The number of carbonyl (C=O) groups excluding carboxylic acids is 1. The molecule has 1 N–H and O–H groups in total. The number of rotatable bonds is 3. The maximum Gasteiger partial charge on any atom is 0.317 e. The van der Waals surface area contributed by atoms with Gasteiger partial charge in [-0.3, -0.25) is 4.90 Å². The molecule has 22 heavy (non-hydrogen) atoms. The van der Waals surface area contributed by atoms with Crippen molar-refractivity contribution in [1.29, 1.82) is 0 Å². The normalized spacial score (nSPS) is 20.2. The quantitative estimate of drug-likeness (QED) is 0.913. The van der Waals surface area contributed by atoms with E-state index in [0.717, 1.165) is 18.7 Å². The number of carbonyl (C=O) groups is 1. The minimum atomic E-state index is -0.0664. The first kappa shape index (κ1) is 13.3. The molecule has 0 saturated carbocycles. The second-order valence-electron chi connectivity index (χ2n) is 5.97. The highest BCUT2D eigenvalue weighted by molar-refractivity contribution is 5.78. The summed E-state index contributed by atoms with van der Waals surface area (Å²) in [5.41, 5.74) is 0.856. The molecule has 4 rings (SSSR count). The zero-order valence-electron chi connectivity index (χ0n) is 12.3. The molecule has 0 aliphatic carbocycles. The molecule has 0 unspecified atom stereocenters. The molecule has 2 saturated heterocycles. The highest BCUT2D eigenvalue weighted by Gasteiger charge is 2.51. The topological polar surface area (TPSA) is 74.5 Å². The van der Waals surface area contributed by atoms with Gasteiger partial charge >= 0.3 is 6.03 Å². The first-order valence-electron chi connectivity index (χ1n) is 7.28. The van der Waals surface area contributed by atoms with Crippen LogP contribution in [0.15, 0.2) is 34.9 Å². The Bertz CT molecular complexity index is 693. The van der Waals surface area contributed by atoms with Crippen LogP contribution in [-0.4, -0.2) is 58.2 Å². The van der Waals surface area contributed by atoms with Crippen molar-refractivity contribution in [2.75, 3.05) is 26.7 Å². The van der Waals surface area contributed by atoms with E-state index in [2.05, 4.69) is 20.4 Å². The fourth-order valence-corrected chi connectivity index (χ4v) is 3.13. The number of likely N-dealkylation sites (N-methyl/N-ethyl adjacent to an activating group) is 1. The standard InChI is InChI=1S/C15H17N5O2/c1-19-14(21)16-8-15(19)9-20(10-15)7-12-17-13(22-18-12)11-5-3-2-4-6-11/h2-6H,7-10H2,1H3,(H,16,21). The second-order valence-corrected chi connectivity index (χ2v) is 5.97. The van der Waals surface area contributed by atoms with Crippen LogP contribution in [0.2, 0.25) is 0 Å². The van der Waals surface area contributed by atoms with E-state index < -0.39 is 0 Å². The van der Waals surface area contributed by atoms with Crippen LogP contribution in [0.3, 0.4) is 0 Å². The van der Waals surface area contributed by atoms with Crippen molar-refractivity contribution in [3.8, 4) is 11.5 Å². The molecular weight excluding hydrogens is 282 g/mol. The third kappa shape index (κ3) is 2.05. The average molecular weight is 299 g/mol. The molecule has 0 atom stereocenters. The predicted octanol–water partition coefficient (Wildman–Crippen LogP) is 0.946. The van der Waals surface area contributed by atoms with Gasteiger partial charge in [-0.05, 0) is 12.1 Å². The number of urea groups is 1. The van der Waals surface area contributed by atoms with Crippen LogP contribution in [0.25, 0.3) is 11.5 Å². The summed E-state index contributed by atoms with van der Waals surface area (Å²) in [6.07, 6.45) is 0. The summed E-state index contributed by atoms with van der Waals surface area (Å²) in [7, 11) is 1.85. The molecular formula is C15H17N5O2. The van der Waals surface area contributed by atoms with Crippen molar-refractivity contribution in [3.63, 3.8) is 0 Å². The maximum atomic E-state index is 11.6. The predicted molar refractivity (Wildman–Crippen MR) is 78.9 cm³/mol. The van der Waals surface area contributed by atoms with Crippen LogP contribution < -0.4 is 5.32 Å². The van der Waals surface area contributed by atoms with Crippen LogP contribution in [0, 0.1) is 0 Å². The molecule has 1 spiro atoms. The Morgan fingerprint density at radius 2 is 2.09 bits per heavy atom. The number of likely N-dealkylation sites (tertiary alicyclic amines) is 1. The highest BCUT2D eigenvalue weighted by Crippen LogP contribution is 2.30. The van der Waals surface area contributed by atoms with Gasteiger partial charge in [0.05, 0.1) is 12.1 Å². The third-order valence-electron chi connectivity index (χ3n) is 4.47. The summed E-state index contributed by atoms with van der Waals surface area (Å²) >= 11 is 0. The molecule has 7 heteroatoms. The number of nitrogens with zero attached hydrogens (tertiary/aromatic N) is 4. The lowest BCUT2D eigenvalue weighted by atomic mass is 9.89. The Morgan fingerprint density at radius 1 is 1.32 bits per heavy atom. The van der Waals surface area contributed by atoms with E-state index >= 15 is 0 Å². The molecule has 1 aromatic carbocycles.